The van der Waals surface area contributed by atoms with Crippen molar-refractivity contribution < 1.29 is 18.0 Å². The largest absolute Gasteiger partial charge is 0.405 e. The van der Waals surface area contributed by atoms with Crippen LogP contribution in [-0.4, -0.2) is 70.7 Å². The molecule has 1 amide bonds. The van der Waals surface area contributed by atoms with Crippen LogP contribution in [0.1, 0.15) is 10.5 Å². The molecule has 2 N–H and O–H groups in total. The summed E-state index contributed by atoms with van der Waals surface area (Å²) in [5, 5.41) is 12.9. The molecule has 26 heavy (non-hydrogen) atoms. The Morgan fingerprint density at radius 2 is 1.92 bits per heavy atom. The van der Waals surface area contributed by atoms with E-state index in [0.717, 1.165) is 0 Å². The Balaban J connectivity index is 1.64. The lowest BCUT2D eigenvalue weighted by molar-refractivity contribution is -0.183. The van der Waals surface area contributed by atoms with Crippen molar-refractivity contribution in [3.05, 3.63) is 42.2 Å². The van der Waals surface area contributed by atoms with Gasteiger partial charge in [-0.05, 0) is 12.1 Å². The van der Waals surface area contributed by atoms with Crippen LogP contribution in [0.25, 0.3) is 5.69 Å². The van der Waals surface area contributed by atoms with Crippen LogP contribution in [0.3, 0.4) is 0 Å². The molecule has 7 nitrogen and oxygen atoms in total. The number of benzene rings is 1. The molecular formula is C16H19F3N6O. The number of nitrogens with one attached hydrogen (secondary N) is 2. The van der Waals surface area contributed by atoms with E-state index in [2.05, 4.69) is 20.9 Å². The van der Waals surface area contributed by atoms with Gasteiger partial charge < -0.3 is 10.6 Å². The summed E-state index contributed by atoms with van der Waals surface area (Å²) >= 11 is 0. The molecule has 10 heteroatoms. The molecule has 1 aromatic carbocycles. The summed E-state index contributed by atoms with van der Waals surface area (Å²) in [6.07, 6.45) is -3.04. The third-order valence-corrected chi connectivity index (χ3v) is 4.17. The molecule has 1 unspecified atom stereocenters. The van der Waals surface area contributed by atoms with Gasteiger partial charge in [0.1, 0.15) is 6.04 Å². The molecule has 3 rings (SSSR count). The Bertz CT molecular complexity index is 727. The number of para-hydroxylation sites is 1. The van der Waals surface area contributed by atoms with Gasteiger partial charge in [0.15, 0.2) is 5.69 Å². The number of carbonyl (C=O) groups is 1. The Kier molecular flexibility index (Phi) is 5.52. The maximum atomic E-state index is 13.3. The Labute approximate surface area is 148 Å². The highest BCUT2D eigenvalue weighted by Gasteiger charge is 2.43. The van der Waals surface area contributed by atoms with Crippen LogP contribution in [0.5, 0.6) is 0 Å². The molecule has 1 aliphatic rings. The first-order chi connectivity index (χ1) is 12.4. The fraction of sp³-hybridized carbons (Fsp3) is 0.438. The van der Waals surface area contributed by atoms with Crippen LogP contribution in [0, 0.1) is 0 Å². The van der Waals surface area contributed by atoms with Crippen LogP contribution < -0.4 is 10.6 Å². The molecule has 1 saturated heterocycles. The fourth-order valence-corrected chi connectivity index (χ4v) is 2.80. The lowest BCUT2D eigenvalue weighted by Gasteiger charge is -2.35. The predicted molar refractivity (Wildman–Crippen MR) is 88.0 cm³/mol. The van der Waals surface area contributed by atoms with Gasteiger partial charge in [0.05, 0.1) is 11.9 Å². The average Bonchev–Trinajstić information content (AvgIpc) is 3.12. The monoisotopic (exact) mass is 368 g/mol. The van der Waals surface area contributed by atoms with Crippen molar-refractivity contribution in [2.75, 3.05) is 32.7 Å². The van der Waals surface area contributed by atoms with Crippen molar-refractivity contribution in [3.8, 4) is 5.69 Å². The summed E-state index contributed by atoms with van der Waals surface area (Å²) in [5.41, 5.74) is 0.670. The van der Waals surface area contributed by atoms with Gasteiger partial charge in [-0.2, -0.15) is 13.2 Å². The van der Waals surface area contributed by atoms with Crippen molar-refractivity contribution in [2.24, 2.45) is 0 Å². The van der Waals surface area contributed by atoms with E-state index in [1.807, 2.05) is 6.07 Å². The standard InChI is InChI=1S/C16H19F3N6O/c17-16(18,19)14(24-8-6-20-7-9-24)10-21-15(26)13-11-25(23-22-13)12-4-2-1-3-5-12/h1-5,11,14,20H,6-10H2,(H,21,26). The number of rotatable bonds is 5. The Morgan fingerprint density at radius 3 is 2.58 bits per heavy atom. The topological polar surface area (TPSA) is 75.1 Å². The third-order valence-electron chi connectivity index (χ3n) is 4.17. The molecule has 0 radical (unpaired) electrons. The van der Waals surface area contributed by atoms with Gasteiger partial charge in [0, 0.05) is 32.7 Å². The van der Waals surface area contributed by atoms with Gasteiger partial charge in [-0.25, -0.2) is 4.68 Å². The zero-order valence-corrected chi connectivity index (χ0v) is 13.9. The van der Waals surface area contributed by atoms with Crippen molar-refractivity contribution in [1.29, 1.82) is 0 Å². The van der Waals surface area contributed by atoms with E-state index in [1.165, 1.54) is 15.8 Å². The van der Waals surface area contributed by atoms with Crippen molar-refractivity contribution in [2.45, 2.75) is 12.2 Å². The number of hydrogen-bond donors (Lipinski definition) is 2. The summed E-state index contributed by atoms with van der Waals surface area (Å²) in [7, 11) is 0. The SMILES string of the molecule is O=C(NCC(N1CCNCC1)C(F)(F)F)c1cn(-c2ccccc2)nn1. The van der Waals surface area contributed by atoms with Crippen LogP contribution in [0.4, 0.5) is 13.2 Å². The van der Waals surface area contributed by atoms with Gasteiger partial charge in [-0.15, -0.1) is 5.10 Å². The molecule has 1 atom stereocenters. The van der Waals surface area contributed by atoms with E-state index in [0.29, 0.717) is 18.8 Å². The lowest BCUT2D eigenvalue weighted by atomic mass is 10.2. The van der Waals surface area contributed by atoms with Gasteiger partial charge >= 0.3 is 6.18 Å². The molecule has 140 valence electrons. The van der Waals surface area contributed by atoms with Gasteiger partial charge in [0.2, 0.25) is 0 Å². The molecule has 0 saturated carbocycles. The quantitative estimate of drug-likeness (QED) is 0.818. The van der Waals surface area contributed by atoms with E-state index in [-0.39, 0.29) is 18.8 Å². The first-order valence-electron chi connectivity index (χ1n) is 8.22. The minimum Gasteiger partial charge on any atom is -0.349 e. The molecule has 1 fully saturated rings. The summed E-state index contributed by atoms with van der Waals surface area (Å²) < 4.78 is 41.4. The maximum Gasteiger partial charge on any atom is 0.405 e. The number of nitrogens with zero attached hydrogens (tertiary/aromatic N) is 4. The number of hydrogen-bond acceptors (Lipinski definition) is 5. The molecule has 0 spiro atoms. The first-order valence-corrected chi connectivity index (χ1v) is 8.22. The smallest absolute Gasteiger partial charge is 0.349 e. The maximum absolute atomic E-state index is 13.3. The van der Waals surface area contributed by atoms with E-state index in [9.17, 15) is 18.0 Å². The normalized spacial score (nSPS) is 17.0. The summed E-state index contributed by atoms with van der Waals surface area (Å²) in [4.78, 5) is 13.5. The average molecular weight is 368 g/mol. The molecule has 2 aromatic rings. The molecular weight excluding hydrogens is 349 g/mol. The highest BCUT2D eigenvalue weighted by Crippen LogP contribution is 2.24. The van der Waals surface area contributed by atoms with E-state index >= 15 is 0 Å². The number of aromatic nitrogens is 3. The van der Waals surface area contributed by atoms with Gasteiger partial charge in [-0.1, -0.05) is 23.4 Å². The van der Waals surface area contributed by atoms with Crippen LogP contribution >= 0.6 is 0 Å². The number of alkyl halides is 3. The van der Waals surface area contributed by atoms with Crippen LogP contribution in [0.15, 0.2) is 36.5 Å². The van der Waals surface area contributed by atoms with Crippen molar-refractivity contribution in [3.63, 3.8) is 0 Å². The van der Waals surface area contributed by atoms with Crippen molar-refractivity contribution in [1.82, 2.24) is 30.5 Å². The summed E-state index contributed by atoms with van der Waals surface area (Å²) in [6.45, 7) is 1.02. The lowest BCUT2D eigenvalue weighted by Crippen LogP contribution is -2.57. The first kappa shape index (κ1) is 18.3. The molecule has 1 aromatic heterocycles. The summed E-state index contributed by atoms with van der Waals surface area (Å²) in [6, 6.07) is 7.27. The van der Waals surface area contributed by atoms with E-state index in [4.69, 9.17) is 0 Å². The minimum atomic E-state index is -4.42. The second-order valence-electron chi connectivity index (χ2n) is 5.94. The molecule has 0 aliphatic carbocycles. The van der Waals surface area contributed by atoms with Crippen LogP contribution in [0.2, 0.25) is 0 Å². The number of halogens is 3. The van der Waals surface area contributed by atoms with Gasteiger partial charge in [-0.3, -0.25) is 9.69 Å². The fourth-order valence-electron chi connectivity index (χ4n) is 2.80. The molecule has 2 heterocycles. The number of carbonyl (C=O) groups excluding carboxylic acids is 1. The second kappa shape index (κ2) is 7.83. The zero-order valence-electron chi connectivity index (χ0n) is 13.9. The second-order valence-corrected chi connectivity index (χ2v) is 5.94. The highest BCUT2D eigenvalue weighted by molar-refractivity contribution is 5.91. The van der Waals surface area contributed by atoms with Crippen molar-refractivity contribution >= 4 is 5.91 Å². The zero-order chi connectivity index (χ0) is 18.6. The van der Waals surface area contributed by atoms with E-state index < -0.39 is 24.7 Å². The van der Waals surface area contributed by atoms with E-state index in [1.54, 1.807) is 24.3 Å². The Hall–Kier alpha value is -2.46. The third kappa shape index (κ3) is 4.38. The minimum absolute atomic E-state index is 0.0323. The molecule has 1 aliphatic heterocycles. The summed E-state index contributed by atoms with van der Waals surface area (Å²) in [5.74, 6) is -0.684. The highest BCUT2D eigenvalue weighted by atomic mass is 19.4. The number of amides is 1. The van der Waals surface area contributed by atoms with Crippen LogP contribution in [-0.2, 0) is 0 Å². The molecule has 0 bridgehead atoms. The Morgan fingerprint density at radius 1 is 1.23 bits per heavy atom. The number of piperazine rings is 1. The van der Waals surface area contributed by atoms with Gasteiger partial charge in [0.25, 0.3) is 5.91 Å². The predicted octanol–water partition coefficient (Wildman–Crippen LogP) is 0.833.